The second-order valence-corrected chi connectivity index (χ2v) is 3.53. The predicted molar refractivity (Wildman–Crippen MR) is 59.7 cm³/mol. The first-order valence-corrected chi connectivity index (χ1v) is 5.03. The van der Waals surface area contributed by atoms with Crippen molar-refractivity contribution in [2.45, 2.75) is 20.0 Å². The number of halogens is 1. The van der Waals surface area contributed by atoms with Crippen LogP contribution in [0.25, 0.3) is 0 Å². The molecule has 0 bridgehead atoms. The molecule has 0 unspecified atom stereocenters. The Labute approximate surface area is 89.4 Å². The van der Waals surface area contributed by atoms with Crippen LogP contribution in [-0.4, -0.2) is 19.2 Å². The van der Waals surface area contributed by atoms with Gasteiger partial charge in [0.15, 0.2) is 11.6 Å². The van der Waals surface area contributed by atoms with Gasteiger partial charge in [-0.05, 0) is 26.0 Å². The van der Waals surface area contributed by atoms with Gasteiger partial charge in [0.2, 0.25) is 0 Å². The highest BCUT2D eigenvalue weighted by Gasteiger charge is 2.05. The molecule has 0 radical (unpaired) electrons. The summed E-state index contributed by atoms with van der Waals surface area (Å²) in [6.07, 6.45) is -0.0256. The number of benzene rings is 1. The molecule has 0 aliphatic carbocycles. The van der Waals surface area contributed by atoms with E-state index >= 15 is 0 Å². The third-order valence-corrected chi connectivity index (χ3v) is 1.77. The van der Waals surface area contributed by atoms with Gasteiger partial charge < -0.3 is 15.8 Å². The van der Waals surface area contributed by atoms with Gasteiger partial charge in [0.25, 0.3) is 0 Å². The fourth-order valence-electron chi connectivity index (χ4n) is 1.18. The van der Waals surface area contributed by atoms with E-state index in [0.29, 0.717) is 18.8 Å². The van der Waals surface area contributed by atoms with Gasteiger partial charge >= 0.3 is 0 Å². The summed E-state index contributed by atoms with van der Waals surface area (Å²) in [6, 6.07) is 4.80. The summed E-state index contributed by atoms with van der Waals surface area (Å²) in [6.45, 7) is 4.87. The highest BCUT2D eigenvalue weighted by atomic mass is 19.1. The first-order valence-electron chi connectivity index (χ1n) is 5.03. The zero-order valence-corrected chi connectivity index (χ0v) is 9.09. The normalized spacial score (nSPS) is 10.5. The second kappa shape index (κ2) is 5.56. The Morgan fingerprint density at radius 2 is 2.20 bits per heavy atom. The molecule has 84 valence electrons. The summed E-state index contributed by atoms with van der Waals surface area (Å²) in [4.78, 5) is 0. The van der Waals surface area contributed by atoms with E-state index in [9.17, 15) is 4.39 Å². The topological polar surface area (TPSA) is 47.3 Å². The molecule has 3 N–H and O–H groups in total. The van der Waals surface area contributed by atoms with Crippen molar-refractivity contribution in [2.75, 3.05) is 18.4 Å². The Hall–Kier alpha value is -1.29. The van der Waals surface area contributed by atoms with Gasteiger partial charge in [-0.25, -0.2) is 4.39 Å². The molecule has 3 nitrogen and oxygen atoms in total. The van der Waals surface area contributed by atoms with E-state index < -0.39 is 0 Å². The van der Waals surface area contributed by atoms with Crippen molar-refractivity contribution >= 4 is 5.69 Å². The Bertz CT molecular complexity index is 315. The van der Waals surface area contributed by atoms with Gasteiger partial charge in [-0.2, -0.15) is 0 Å². The van der Waals surface area contributed by atoms with Crippen LogP contribution in [-0.2, 0) is 0 Å². The molecule has 1 rings (SSSR count). The van der Waals surface area contributed by atoms with Crippen LogP contribution in [0.2, 0.25) is 0 Å². The molecule has 0 fully saturated rings. The molecule has 0 atom stereocenters. The van der Waals surface area contributed by atoms with Crippen molar-refractivity contribution in [3.63, 3.8) is 0 Å². The first kappa shape index (κ1) is 11.8. The van der Waals surface area contributed by atoms with Crippen molar-refractivity contribution in [3.8, 4) is 5.75 Å². The molecular formula is C11H17FN2O. The summed E-state index contributed by atoms with van der Waals surface area (Å²) < 4.78 is 18.7. The van der Waals surface area contributed by atoms with Gasteiger partial charge in [0, 0.05) is 24.8 Å². The zero-order valence-electron chi connectivity index (χ0n) is 9.09. The lowest BCUT2D eigenvalue weighted by molar-refractivity contribution is 0.231. The van der Waals surface area contributed by atoms with Crippen molar-refractivity contribution in [2.24, 2.45) is 5.73 Å². The summed E-state index contributed by atoms with van der Waals surface area (Å²) in [5.74, 6) is -0.0750. The summed E-state index contributed by atoms with van der Waals surface area (Å²) in [5.41, 5.74) is 6.05. The molecule has 0 aliphatic rings. The van der Waals surface area contributed by atoms with Crippen LogP contribution in [0, 0.1) is 5.82 Å². The fourth-order valence-corrected chi connectivity index (χ4v) is 1.18. The number of ether oxygens (including phenoxy) is 1. The highest BCUT2D eigenvalue weighted by Crippen LogP contribution is 2.21. The third kappa shape index (κ3) is 3.75. The number of hydrogen-bond acceptors (Lipinski definition) is 3. The summed E-state index contributed by atoms with van der Waals surface area (Å²) in [7, 11) is 0. The van der Waals surface area contributed by atoms with E-state index in [-0.39, 0.29) is 17.7 Å². The minimum absolute atomic E-state index is 0.0256. The van der Waals surface area contributed by atoms with Crippen LogP contribution >= 0.6 is 0 Å². The maximum Gasteiger partial charge on any atom is 0.167 e. The smallest absolute Gasteiger partial charge is 0.167 e. The van der Waals surface area contributed by atoms with E-state index in [0.717, 1.165) is 0 Å². The Morgan fingerprint density at radius 1 is 1.47 bits per heavy atom. The van der Waals surface area contributed by atoms with Gasteiger partial charge in [0.05, 0.1) is 6.10 Å². The SMILES string of the molecule is CC(C)Oc1ccc(NCCN)cc1F. The molecule has 0 heterocycles. The quantitative estimate of drug-likeness (QED) is 0.784. The molecule has 0 saturated carbocycles. The Balaban J connectivity index is 2.70. The third-order valence-electron chi connectivity index (χ3n) is 1.77. The number of nitrogens with two attached hydrogens (primary N) is 1. The van der Waals surface area contributed by atoms with Crippen molar-refractivity contribution < 1.29 is 9.13 Å². The van der Waals surface area contributed by atoms with E-state index in [1.165, 1.54) is 6.07 Å². The fraction of sp³-hybridized carbons (Fsp3) is 0.455. The minimum Gasteiger partial charge on any atom is -0.488 e. The first-order chi connectivity index (χ1) is 7.13. The number of anilines is 1. The maximum absolute atomic E-state index is 13.4. The van der Waals surface area contributed by atoms with E-state index in [1.807, 2.05) is 13.8 Å². The summed E-state index contributed by atoms with van der Waals surface area (Å²) in [5, 5.41) is 3.00. The van der Waals surface area contributed by atoms with Crippen LogP contribution in [0.4, 0.5) is 10.1 Å². The molecule has 0 spiro atoms. The maximum atomic E-state index is 13.4. The van der Waals surface area contributed by atoms with E-state index in [2.05, 4.69) is 5.32 Å². The number of hydrogen-bond donors (Lipinski definition) is 2. The molecule has 1 aromatic carbocycles. The molecule has 4 heteroatoms. The van der Waals surface area contributed by atoms with Crippen LogP contribution < -0.4 is 15.8 Å². The van der Waals surface area contributed by atoms with Crippen LogP contribution in [0.1, 0.15) is 13.8 Å². The average molecular weight is 212 g/mol. The largest absolute Gasteiger partial charge is 0.488 e. The Morgan fingerprint density at radius 3 is 2.73 bits per heavy atom. The lowest BCUT2D eigenvalue weighted by atomic mass is 10.3. The van der Waals surface area contributed by atoms with Gasteiger partial charge in [-0.3, -0.25) is 0 Å². The van der Waals surface area contributed by atoms with Gasteiger partial charge in [-0.1, -0.05) is 0 Å². The predicted octanol–water partition coefficient (Wildman–Crippen LogP) is 1.98. The van der Waals surface area contributed by atoms with Gasteiger partial charge in [0.1, 0.15) is 0 Å². The zero-order chi connectivity index (χ0) is 11.3. The van der Waals surface area contributed by atoms with Gasteiger partial charge in [-0.15, -0.1) is 0 Å². The molecular weight excluding hydrogens is 195 g/mol. The van der Waals surface area contributed by atoms with Crippen LogP contribution in [0.5, 0.6) is 5.75 Å². The lowest BCUT2D eigenvalue weighted by Crippen LogP contribution is -2.13. The monoisotopic (exact) mass is 212 g/mol. The molecule has 0 aliphatic heterocycles. The van der Waals surface area contributed by atoms with Crippen LogP contribution in [0.3, 0.4) is 0 Å². The minimum atomic E-state index is -0.356. The van der Waals surface area contributed by atoms with E-state index in [1.54, 1.807) is 12.1 Å². The lowest BCUT2D eigenvalue weighted by Gasteiger charge is -2.12. The molecule has 0 saturated heterocycles. The van der Waals surface area contributed by atoms with E-state index in [4.69, 9.17) is 10.5 Å². The second-order valence-electron chi connectivity index (χ2n) is 3.53. The molecule has 15 heavy (non-hydrogen) atoms. The number of nitrogens with one attached hydrogen (secondary N) is 1. The highest BCUT2D eigenvalue weighted by molar-refractivity contribution is 5.47. The average Bonchev–Trinajstić information content (AvgIpc) is 2.18. The number of rotatable bonds is 5. The Kier molecular flexibility index (Phi) is 4.37. The van der Waals surface area contributed by atoms with Crippen molar-refractivity contribution in [1.29, 1.82) is 0 Å². The van der Waals surface area contributed by atoms with Crippen molar-refractivity contribution in [3.05, 3.63) is 24.0 Å². The van der Waals surface area contributed by atoms with Crippen LogP contribution in [0.15, 0.2) is 18.2 Å². The molecule has 0 amide bonds. The molecule has 0 aromatic heterocycles. The molecule has 1 aromatic rings. The van der Waals surface area contributed by atoms with Crippen molar-refractivity contribution in [1.82, 2.24) is 0 Å². The standard InChI is InChI=1S/C11H17FN2O/c1-8(2)15-11-4-3-9(7-10(11)12)14-6-5-13/h3-4,7-8,14H,5-6,13H2,1-2H3. The summed E-state index contributed by atoms with van der Waals surface area (Å²) >= 11 is 0.